The van der Waals surface area contributed by atoms with Crippen LogP contribution in [0.5, 0.6) is 0 Å². The van der Waals surface area contributed by atoms with Gasteiger partial charge in [0.25, 0.3) is 0 Å². The summed E-state index contributed by atoms with van der Waals surface area (Å²) >= 11 is 0. The average Bonchev–Trinajstić information content (AvgIpc) is 2.18. The molecule has 0 aliphatic rings. The minimum absolute atomic E-state index is 0.312. The van der Waals surface area contributed by atoms with E-state index < -0.39 is 23.4 Å². The van der Waals surface area contributed by atoms with Crippen LogP contribution in [0.2, 0.25) is 0 Å². The topological polar surface area (TPSA) is 80.3 Å². The predicted molar refractivity (Wildman–Crippen MR) is 48.3 cm³/mol. The first-order chi connectivity index (χ1) is 7.04. The van der Waals surface area contributed by atoms with Gasteiger partial charge >= 0.3 is 0 Å². The van der Waals surface area contributed by atoms with Crippen molar-refractivity contribution < 1.29 is 19.8 Å². The van der Waals surface area contributed by atoms with Crippen molar-refractivity contribution in [3.8, 4) is 0 Å². The van der Waals surface area contributed by atoms with E-state index in [1.54, 1.807) is 18.2 Å². The molecular formula is C11H8O4-2. The van der Waals surface area contributed by atoms with E-state index in [2.05, 4.69) is 6.58 Å². The van der Waals surface area contributed by atoms with Gasteiger partial charge < -0.3 is 19.8 Å². The largest absolute Gasteiger partial charge is 0.549 e. The Bertz CT molecular complexity index is 394. The highest BCUT2D eigenvalue weighted by Crippen LogP contribution is 2.21. The van der Waals surface area contributed by atoms with Crippen LogP contribution in [0.1, 0.15) is 11.5 Å². The summed E-state index contributed by atoms with van der Waals surface area (Å²) in [5, 5.41) is 21.3. The molecule has 0 heterocycles. The maximum Gasteiger partial charge on any atom is 0.0679 e. The zero-order chi connectivity index (χ0) is 11.4. The quantitative estimate of drug-likeness (QED) is 0.578. The number of hydrogen-bond acceptors (Lipinski definition) is 4. The number of carboxylic acids is 2. The maximum absolute atomic E-state index is 10.8. The Morgan fingerprint density at radius 1 is 1.13 bits per heavy atom. The second-order valence-corrected chi connectivity index (χ2v) is 2.98. The van der Waals surface area contributed by atoms with Gasteiger partial charge in [0, 0.05) is 5.92 Å². The standard InChI is InChI=1S/C11H10O4/c1-7(10(12)13)9(11(14)15)8-5-3-2-4-6-8/h2-6,9H,1H2,(H,12,13)(H,14,15)/p-2. The molecule has 0 saturated heterocycles. The van der Waals surface area contributed by atoms with Crippen LogP contribution >= 0.6 is 0 Å². The Morgan fingerprint density at radius 2 is 1.67 bits per heavy atom. The summed E-state index contributed by atoms with van der Waals surface area (Å²) < 4.78 is 0. The summed E-state index contributed by atoms with van der Waals surface area (Å²) in [7, 11) is 0. The first-order valence-electron chi connectivity index (χ1n) is 4.20. The molecule has 0 spiro atoms. The van der Waals surface area contributed by atoms with Gasteiger partial charge in [-0.15, -0.1) is 0 Å². The van der Waals surface area contributed by atoms with Gasteiger partial charge in [0.1, 0.15) is 0 Å². The highest BCUT2D eigenvalue weighted by molar-refractivity contribution is 5.94. The smallest absolute Gasteiger partial charge is 0.0679 e. The predicted octanol–water partition coefficient (Wildman–Crippen LogP) is -1.17. The van der Waals surface area contributed by atoms with Crippen LogP contribution in [-0.2, 0) is 9.59 Å². The van der Waals surface area contributed by atoms with Gasteiger partial charge in [-0.05, 0) is 11.1 Å². The molecule has 1 atom stereocenters. The Morgan fingerprint density at radius 3 is 2.07 bits per heavy atom. The van der Waals surface area contributed by atoms with E-state index >= 15 is 0 Å². The molecule has 0 radical (unpaired) electrons. The molecule has 15 heavy (non-hydrogen) atoms. The molecule has 78 valence electrons. The van der Waals surface area contributed by atoms with Crippen molar-refractivity contribution in [3.63, 3.8) is 0 Å². The van der Waals surface area contributed by atoms with Crippen molar-refractivity contribution in [1.82, 2.24) is 0 Å². The van der Waals surface area contributed by atoms with E-state index in [1.165, 1.54) is 12.1 Å². The van der Waals surface area contributed by atoms with E-state index in [9.17, 15) is 19.8 Å². The number of benzene rings is 1. The fraction of sp³-hybridized carbons (Fsp3) is 0.0909. The van der Waals surface area contributed by atoms with Gasteiger partial charge in [0.05, 0.1) is 11.9 Å². The van der Waals surface area contributed by atoms with Crippen LogP contribution in [0.25, 0.3) is 0 Å². The third-order valence-electron chi connectivity index (χ3n) is 1.98. The van der Waals surface area contributed by atoms with Crippen molar-refractivity contribution in [3.05, 3.63) is 48.0 Å². The molecule has 0 aromatic heterocycles. The molecule has 0 amide bonds. The fourth-order valence-electron chi connectivity index (χ4n) is 1.24. The Hall–Kier alpha value is -2.10. The van der Waals surface area contributed by atoms with Crippen LogP contribution < -0.4 is 10.2 Å². The van der Waals surface area contributed by atoms with Crippen LogP contribution in [-0.4, -0.2) is 11.9 Å². The van der Waals surface area contributed by atoms with E-state index in [0.717, 1.165) is 0 Å². The van der Waals surface area contributed by atoms with Crippen molar-refractivity contribution in [2.45, 2.75) is 5.92 Å². The zero-order valence-corrected chi connectivity index (χ0v) is 7.80. The Labute approximate surface area is 86.5 Å². The summed E-state index contributed by atoms with van der Waals surface area (Å²) in [4.78, 5) is 21.3. The van der Waals surface area contributed by atoms with Gasteiger partial charge in [0.2, 0.25) is 0 Å². The lowest BCUT2D eigenvalue weighted by Crippen LogP contribution is -2.36. The van der Waals surface area contributed by atoms with Crippen LogP contribution in [0.3, 0.4) is 0 Å². The molecule has 1 unspecified atom stereocenters. The van der Waals surface area contributed by atoms with Crippen molar-refractivity contribution in [2.24, 2.45) is 0 Å². The molecule has 4 nitrogen and oxygen atoms in total. The molecule has 1 aromatic rings. The number of carbonyl (C=O) groups is 2. The number of aliphatic carboxylic acids is 2. The van der Waals surface area contributed by atoms with Gasteiger partial charge in [-0.3, -0.25) is 0 Å². The second-order valence-electron chi connectivity index (χ2n) is 2.98. The average molecular weight is 204 g/mol. The van der Waals surface area contributed by atoms with Gasteiger partial charge in [-0.1, -0.05) is 36.9 Å². The summed E-state index contributed by atoms with van der Waals surface area (Å²) in [6, 6.07) is 7.89. The highest BCUT2D eigenvalue weighted by atomic mass is 16.4. The van der Waals surface area contributed by atoms with E-state index in [-0.39, 0.29) is 0 Å². The molecule has 1 aromatic carbocycles. The lowest BCUT2D eigenvalue weighted by atomic mass is 9.92. The van der Waals surface area contributed by atoms with Crippen LogP contribution in [0.4, 0.5) is 0 Å². The normalized spacial score (nSPS) is 11.7. The zero-order valence-electron chi connectivity index (χ0n) is 7.80. The van der Waals surface area contributed by atoms with Gasteiger partial charge in [0.15, 0.2) is 0 Å². The third-order valence-corrected chi connectivity index (χ3v) is 1.98. The van der Waals surface area contributed by atoms with Crippen LogP contribution in [0.15, 0.2) is 42.5 Å². The number of carbonyl (C=O) groups excluding carboxylic acids is 2. The Kier molecular flexibility index (Phi) is 3.23. The minimum atomic E-state index is -1.59. The number of hydrogen-bond donors (Lipinski definition) is 0. The minimum Gasteiger partial charge on any atom is -0.549 e. The molecule has 0 fully saturated rings. The lowest BCUT2D eigenvalue weighted by molar-refractivity contribution is -0.311. The fourth-order valence-corrected chi connectivity index (χ4v) is 1.24. The molecule has 4 heteroatoms. The monoisotopic (exact) mass is 204 g/mol. The van der Waals surface area contributed by atoms with Crippen molar-refractivity contribution in [1.29, 1.82) is 0 Å². The summed E-state index contributed by atoms with van der Waals surface area (Å²) in [6.45, 7) is 3.17. The molecule has 1 rings (SSSR count). The van der Waals surface area contributed by atoms with Gasteiger partial charge in [-0.2, -0.15) is 0 Å². The molecule has 0 aliphatic heterocycles. The number of carboxylic acid groups (broad SMARTS) is 2. The molecular weight excluding hydrogens is 196 g/mol. The summed E-state index contributed by atoms with van der Waals surface area (Å²) in [5.41, 5.74) is -0.201. The van der Waals surface area contributed by atoms with E-state index in [1.807, 2.05) is 0 Å². The summed E-state index contributed by atoms with van der Waals surface area (Å²) in [5.74, 6) is -4.46. The van der Waals surface area contributed by atoms with Crippen molar-refractivity contribution in [2.75, 3.05) is 0 Å². The summed E-state index contributed by atoms with van der Waals surface area (Å²) in [6.07, 6.45) is 0. The van der Waals surface area contributed by atoms with E-state index in [0.29, 0.717) is 5.56 Å². The first kappa shape index (κ1) is 11.0. The lowest BCUT2D eigenvalue weighted by Gasteiger charge is -2.21. The first-order valence-corrected chi connectivity index (χ1v) is 4.20. The van der Waals surface area contributed by atoms with E-state index in [4.69, 9.17) is 0 Å². The Balaban J connectivity index is 3.10. The number of rotatable bonds is 4. The molecule has 0 N–H and O–H groups in total. The maximum atomic E-state index is 10.8. The third kappa shape index (κ3) is 2.43. The molecule has 0 aliphatic carbocycles. The molecule has 0 saturated carbocycles. The highest BCUT2D eigenvalue weighted by Gasteiger charge is 2.16. The van der Waals surface area contributed by atoms with Crippen LogP contribution in [0, 0.1) is 0 Å². The van der Waals surface area contributed by atoms with Crippen molar-refractivity contribution >= 4 is 11.9 Å². The van der Waals surface area contributed by atoms with Gasteiger partial charge in [-0.25, -0.2) is 0 Å². The second kappa shape index (κ2) is 4.41. The molecule has 0 bridgehead atoms. The SMILES string of the molecule is C=C(C(=O)[O-])C(C(=O)[O-])c1ccccc1.